The fourth-order valence-electron chi connectivity index (χ4n) is 2.02. The van der Waals surface area contributed by atoms with E-state index >= 15 is 0 Å². The summed E-state index contributed by atoms with van der Waals surface area (Å²) in [6.07, 6.45) is 0.885. The molecule has 0 unspecified atom stereocenters. The second-order valence-electron chi connectivity index (χ2n) is 4.90. The molecular weight excluding hydrogens is 358 g/mol. The molecule has 0 atom stereocenters. The maximum absolute atomic E-state index is 12.5. The lowest BCUT2D eigenvalue weighted by Crippen LogP contribution is -2.14. The van der Waals surface area contributed by atoms with Crippen molar-refractivity contribution in [1.82, 2.24) is 0 Å². The summed E-state index contributed by atoms with van der Waals surface area (Å²) in [6.45, 7) is 5.14. The van der Waals surface area contributed by atoms with Gasteiger partial charge < -0.3 is 14.8 Å². The van der Waals surface area contributed by atoms with Crippen molar-refractivity contribution in [2.24, 2.45) is 0 Å². The molecule has 5 heteroatoms. The molecule has 1 amide bonds. The summed E-state index contributed by atoms with van der Waals surface area (Å²) in [5.74, 6) is 1.15. The van der Waals surface area contributed by atoms with Gasteiger partial charge in [0.05, 0.1) is 18.8 Å². The molecule has 0 saturated heterocycles. The van der Waals surface area contributed by atoms with Crippen molar-refractivity contribution < 1.29 is 14.3 Å². The number of carbonyl (C=O) groups is 1. The summed E-state index contributed by atoms with van der Waals surface area (Å²) in [5, 5.41) is 2.88. The summed E-state index contributed by atoms with van der Waals surface area (Å²) in [5.41, 5.74) is 1.21. The van der Waals surface area contributed by atoms with Crippen LogP contribution >= 0.6 is 15.9 Å². The predicted molar refractivity (Wildman–Crippen MR) is 95.5 cm³/mol. The number of carbonyl (C=O) groups excluding carboxylic acids is 1. The molecule has 0 aromatic heterocycles. The minimum absolute atomic E-state index is 0.207. The minimum Gasteiger partial charge on any atom is -0.494 e. The Bertz CT molecular complexity index is 656. The SMILES string of the molecule is CCCOc1ccc(Br)cc1C(=O)Nc1ccc(OCC)cc1. The molecule has 2 rings (SSSR count). The summed E-state index contributed by atoms with van der Waals surface area (Å²) < 4.78 is 11.9. The zero-order valence-electron chi connectivity index (χ0n) is 13.3. The van der Waals surface area contributed by atoms with Crippen LogP contribution in [0.5, 0.6) is 11.5 Å². The number of halogens is 1. The number of hydrogen-bond acceptors (Lipinski definition) is 3. The monoisotopic (exact) mass is 377 g/mol. The Balaban J connectivity index is 2.14. The molecule has 23 heavy (non-hydrogen) atoms. The molecule has 0 bridgehead atoms. The average Bonchev–Trinajstić information content (AvgIpc) is 2.55. The van der Waals surface area contributed by atoms with Crippen molar-refractivity contribution in [2.75, 3.05) is 18.5 Å². The van der Waals surface area contributed by atoms with E-state index in [0.29, 0.717) is 30.2 Å². The Morgan fingerprint density at radius 1 is 1.09 bits per heavy atom. The van der Waals surface area contributed by atoms with Gasteiger partial charge in [0.1, 0.15) is 11.5 Å². The highest BCUT2D eigenvalue weighted by Crippen LogP contribution is 2.25. The number of nitrogens with one attached hydrogen (secondary N) is 1. The quantitative estimate of drug-likeness (QED) is 0.746. The van der Waals surface area contributed by atoms with Gasteiger partial charge in [-0.25, -0.2) is 0 Å². The number of anilines is 1. The van der Waals surface area contributed by atoms with Crippen LogP contribution in [0.25, 0.3) is 0 Å². The first-order valence-electron chi connectivity index (χ1n) is 7.60. The fourth-order valence-corrected chi connectivity index (χ4v) is 2.38. The average molecular weight is 378 g/mol. The number of ether oxygens (including phenoxy) is 2. The third-order valence-electron chi connectivity index (χ3n) is 3.07. The van der Waals surface area contributed by atoms with Crippen molar-refractivity contribution in [1.29, 1.82) is 0 Å². The number of amides is 1. The van der Waals surface area contributed by atoms with Gasteiger partial charge >= 0.3 is 0 Å². The van der Waals surface area contributed by atoms with Gasteiger partial charge in [-0.15, -0.1) is 0 Å². The lowest BCUT2D eigenvalue weighted by atomic mass is 10.2. The first-order valence-corrected chi connectivity index (χ1v) is 8.40. The summed E-state index contributed by atoms with van der Waals surface area (Å²) >= 11 is 3.39. The smallest absolute Gasteiger partial charge is 0.259 e. The van der Waals surface area contributed by atoms with Crippen LogP contribution in [-0.4, -0.2) is 19.1 Å². The molecule has 4 nitrogen and oxygen atoms in total. The zero-order chi connectivity index (χ0) is 16.7. The van der Waals surface area contributed by atoms with Crippen LogP contribution in [0, 0.1) is 0 Å². The third kappa shape index (κ3) is 4.99. The number of benzene rings is 2. The molecular formula is C18H20BrNO3. The predicted octanol–water partition coefficient (Wildman–Crippen LogP) is 4.89. The summed E-state index contributed by atoms with van der Waals surface area (Å²) in [7, 11) is 0. The van der Waals surface area contributed by atoms with E-state index in [0.717, 1.165) is 16.6 Å². The van der Waals surface area contributed by atoms with Crippen molar-refractivity contribution in [3.8, 4) is 11.5 Å². The van der Waals surface area contributed by atoms with Crippen molar-refractivity contribution in [3.05, 3.63) is 52.5 Å². The topological polar surface area (TPSA) is 47.6 Å². The van der Waals surface area contributed by atoms with Gasteiger partial charge in [0.2, 0.25) is 0 Å². The molecule has 0 aliphatic heterocycles. The van der Waals surface area contributed by atoms with Crippen molar-refractivity contribution in [3.63, 3.8) is 0 Å². The van der Waals surface area contributed by atoms with E-state index in [1.807, 2.05) is 44.2 Å². The molecule has 0 fully saturated rings. The molecule has 122 valence electrons. The lowest BCUT2D eigenvalue weighted by Gasteiger charge is -2.12. The van der Waals surface area contributed by atoms with E-state index < -0.39 is 0 Å². The Morgan fingerprint density at radius 3 is 2.48 bits per heavy atom. The van der Waals surface area contributed by atoms with Gasteiger partial charge in [-0.1, -0.05) is 22.9 Å². The van der Waals surface area contributed by atoms with Crippen LogP contribution in [0.1, 0.15) is 30.6 Å². The van der Waals surface area contributed by atoms with E-state index in [1.165, 1.54) is 0 Å². The highest BCUT2D eigenvalue weighted by Gasteiger charge is 2.13. The molecule has 2 aromatic carbocycles. The first kappa shape index (κ1) is 17.3. The van der Waals surface area contributed by atoms with Gasteiger partial charge in [0.15, 0.2) is 0 Å². The first-order chi connectivity index (χ1) is 11.1. The Hall–Kier alpha value is -2.01. The van der Waals surface area contributed by atoms with Crippen molar-refractivity contribution in [2.45, 2.75) is 20.3 Å². The molecule has 0 aliphatic carbocycles. The summed E-state index contributed by atoms with van der Waals surface area (Å²) in [6, 6.07) is 12.7. The van der Waals surface area contributed by atoms with Crippen molar-refractivity contribution >= 4 is 27.5 Å². The molecule has 1 N–H and O–H groups in total. The van der Waals surface area contributed by atoms with Crippen LogP contribution in [-0.2, 0) is 0 Å². The highest BCUT2D eigenvalue weighted by atomic mass is 79.9. The molecule has 0 radical (unpaired) electrons. The van der Waals surface area contributed by atoms with E-state index in [4.69, 9.17) is 9.47 Å². The second-order valence-corrected chi connectivity index (χ2v) is 5.82. The number of rotatable bonds is 7. The van der Waals surface area contributed by atoms with Gasteiger partial charge in [-0.3, -0.25) is 4.79 Å². The molecule has 0 saturated carbocycles. The van der Waals surface area contributed by atoms with Crippen LogP contribution < -0.4 is 14.8 Å². The Morgan fingerprint density at radius 2 is 1.83 bits per heavy atom. The van der Waals surface area contributed by atoms with Gasteiger partial charge in [-0.05, 0) is 55.8 Å². The van der Waals surface area contributed by atoms with Gasteiger partial charge in [0, 0.05) is 10.2 Å². The van der Waals surface area contributed by atoms with E-state index in [1.54, 1.807) is 12.1 Å². The zero-order valence-corrected chi connectivity index (χ0v) is 14.9. The minimum atomic E-state index is -0.207. The van der Waals surface area contributed by atoms with Crippen LogP contribution in [0.4, 0.5) is 5.69 Å². The third-order valence-corrected chi connectivity index (χ3v) is 3.56. The Kier molecular flexibility index (Phi) is 6.47. The summed E-state index contributed by atoms with van der Waals surface area (Å²) in [4.78, 5) is 12.5. The van der Waals surface area contributed by atoms with Crippen LogP contribution in [0.2, 0.25) is 0 Å². The maximum Gasteiger partial charge on any atom is 0.259 e. The molecule has 0 aliphatic rings. The molecule has 0 spiro atoms. The lowest BCUT2D eigenvalue weighted by molar-refractivity contribution is 0.102. The standard InChI is InChI=1S/C18H20BrNO3/c1-3-11-23-17-10-5-13(19)12-16(17)18(21)20-14-6-8-15(9-7-14)22-4-2/h5-10,12H,3-4,11H2,1-2H3,(H,20,21). The molecule has 0 heterocycles. The normalized spacial score (nSPS) is 10.2. The number of hydrogen-bond donors (Lipinski definition) is 1. The van der Waals surface area contributed by atoms with Gasteiger partial charge in [-0.2, -0.15) is 0 Å². The van der Waals surface area contributed by atoms with Crippen LogP contribution in [0.15, 0.2) is 46.9 Å². The highest BCUT2D eigenvalue weighted by molar-refractivity contribution is 9.10. The molecule has 2 aromatic rings. The van der Waals surface area contributed by atoms with E-state index in [-0.39, 0.29) is 5.91 Å². The maximum atomic E-state index is 12.5. The Labute approximate surface area is 144 Å². The van der Waals surface area contributed by atoms with Crippen LogP contribution in [0.3, 0.4) is 0 Å². The van der Waals surface area contributed by atoms with E-state index in [9.17, 15) is 4.79 Å². The second kappa shape index (κ2) is 8.58. The van der Waals surface area contributed by atoms with E-state index in [2.05, 4.69) is 21.2 Å². The fraction of sp³-hybridized carbons (Fsp3) is 0.278. The largest absolute Gasteiger partial charge is 0.494 e. The van der Waals surface area contributed by atoms with Gasteiger partial charge in [0.25, 0.3) is 5.91 Å².